The van der Waals surface area contributed by atoms with E-state index in [1.165, 1.54) is 0 Å². The van der Waals surface area contributed by atoms with Gasteiger partial charge in [-0.05, 0) is 63.6 Å². The molecule has 1 amide bonds. The second-order valence-electron chi connectivity index (χ2n) is 3.18. The van der Waals surface area contributed by atoms with Gasteiger partial charge >= 0.3 is 0 Å². The third-order valence-corrected chi connectivity index (χ3v) is 3.19. The van der Waals surface area contributed by atoms with E-state index in [4.69, 9.17) is 5.11 Å². The van der Waals surface area contributed by atoms with Gasteiger partial charge in [-0.2, -0.15) is 0 Å². The van der Waals surface area contributed by atoms with Crippen LogP contribution >= 0.6 is 38.5 Å². The summed E-state index contributed by atoms with van der Waals surface area (Å²) in [6, 6.07) is 5.31. The van der Waals surface area contributed by atoms with Gasteiger partial charge in [0.1, 0.15) is 0 Å². The minimum Gasteiger partial charge on any atom is -0.394 e. The second-order valence-corrected chi connectivity index (χ2v) is 5.28. The van der Waals surface area contributed by atoms with Gasteiger partial charge in [-0.15, -0.1) is 0 Å². The summed E-state index contributed by atoms with van der Waals surface area (Å²) in [6.45, 7) is 1.69. The molecule has 0 aliphatic rings. The predicted molar refractivity (Wildman–Crippen MR) is 70.9 cm³/mol. The molecule has 82 valence electrons. The van der Waals surface area contributed by atoms with E-state index in [1.54, 1.807) is 13.0 Å². The average Bonchev–Trinajstić information content (AvgIpc) is 2.21. The van der Waals surface area contributed by atoms with Crippen molar-refractivity contribution in [3.8, 4) is 0 Å². The monoisotopic (exact) mass is 383 g/mol. The van der Waals surface area contributed by atoms with Crippen molar-refractivity contribution in [3.63, 3.8) is 0 Å². The highest BCUT2D eigenvalue weighted by Crippen LogP contribution is 2.19. The molecule has 0 heterocycles. The lowest BCUT2D eigenvalue weighted by molar-refractivity contribution is 0.0921. The third kappa shape index (κ3) is 3.73. The molecule has 1 aromatic rings. The zero-order valence-corrected chi connectivity index (χ0v) is 11.9. The van der Waals surface area contributed by atoms with Crippen LogP contribution in [0.3, 0.4) is 0 Å². The molecule has 15 heavy (non-hydrogen) atoms. The first kappa shape index (κ1) is 12.9. The molecule has 3 nitrogen and oxygen atoms in total. The summed E-state index contributed by atoms with van der Waals surface area (Å²) in [7, 11) is 0. The fourth-order valence-electron chi connectivity index (χ4n) is 1.02. The third-order valence-electron chi connectivity index (χ3n) is 1.82. The van der Waals surface area contributed by atoms with Gasteiger partial charge in [0.25, 0.3) is 5.91 Å². The van der Waals surface area contributed by atoms with Crippen LogP contribution in [0.1, 0.15) is 17.3 Å². The van der Waals surface area contributed by atoms with Crippen LogP contribution in [0.15, 0.2) is 22.7 Å². The van der Waals surface area contributed by atoms with Crippen LogP contribution in [0.25, 0.3) is 0 Å². The van der Waals surface area contributed by atoms with Crippen molar-refractivity contribution in [1.82, 2.24) is 5.32 Å². The Morgan fingerprint density at radius 1 is 1.67 bits per heavy atom. The topological polar surface area (TPSA) is 49.3 Å². The Bertz CT molecular complexity index is 370. The van der Waals surface area contributed by atoms with E-state index in [1.807, 2.05) is 12.1 Å². The Balaban J connectivity index is 2.86. The Hall–Kier alpha value is -0.140. The van der Waals surface area contributed by atoms with Crippen molar-refractivity contribution in [2.45, 2.75) is 13.0 Å². The fourth-order valence-corrected chi connectivity index (χ4v) is 1.94. The normalized spacial score (nSPS) is 12.3. The van der Waals surface area contributed by atoms with Crippen LogP contribution in [0.4, 0.5) is 0 Å². The average molecular weight is 384 g/mol. The second kappa shape index (κ2) is 5.81. The number of halogens is 2. The summed E-state index contributed by atoms with van der Waals surface area (Å²) >= 11 is 5.46. The van der Waals surface area contributed by atoms with Gasteiger partial charge in [-0.25, -0.2) is 0 Å². The summed E-state index contributed by atoms with van der Waals surface area (Å²) in [6.07, 6.45) is 0. The maximum Gasteiger partial charge on any atom is 0.252 e. The number of rotatable bonds is 3. The molecule has 1 aromatic carbocycles. The molecule has 0 unspecified atom stereocenters. The molecule has 0 aromatic heterocycles. The van der Waals surface area contributed by atoms with E-state index < -0.39 is 0 Å². The van der Waals surface area contributed by atoms with Crippen LogP contribution in [0.5, 0.6) is 0 Å². The first-order chi connectivity index (χ1) is 7.04. The number of aliphatic hydroxyl groups excluding tert-OH is 1. The highest BCUT2D eigenvalue weighted by atomic mass is 127. The molecule has 5 heteroatoms. The largest absolute Gasteiger partial charge is 0.394 e. The van der Waals surface area contributed by atoms with Crippen LogP contribution in [-0.4, -0.2) is 23.7 Å². The molecule has 0 bridgehead atoms. The van der Waals surface area contributed by atoms with Gasteiger partial charge in [-0.3, -0.25) is 4.79 Å². The van der Waals surface area contributed by atoms with Gasteiger partial charge in [0.15, 0.2) is 0 Å². The van der Waals surface area contributed by atoms with Crippen molar-refractivity contribution in [2.24, 2.45) is 0 Å². The summed E-state index contributed by atoms with van der Waals surface area (Å²) < 4.78 is 1.75. The first-order valence-electron chi connectivity index (χ1n) is 4.41. The lowest BCUT2D eigenvalue weighted by Crippen LogP contribution is -2.35. The molecular formula is C10H11BrINO2. The number of benzene rings is 1. The van der Waals surface area contributed by atoms with Crippen LogP contribution in [0, 0.1) is 3.57 Å². The van der Waals surface area contributed by atoms with Gasteiger partial charge in [0, 0.05) is 14.1 Å². The van der Waals surface area contributed by atoms with E-state index in [9.17, 15) is 4.79 Å². The van der Waals surface area contributed by atoms with Crippen molar-refractivity contribution in [2.75, 3.05) is 6.61 Å². The minimum atomic E-state index is -0.234. The quantitative estimate of drug-likeness (QED) is 0.786. The van der Waals surface area contributed by atoms with E-state index >= 15 is 0 Å². The highest BCUT2D eigenvalue weighted by molar-refractivity contribution is 14.1. The van der Waals surface area contributed by atoms with E-state index in [2.05, 4.69) is 43.8 Å². The van der Waals surface area contributed by atoms with Gasteiger partial charge in [-0.1, -0.05) is 0 Å². The molecule has 0 fully saturated rings. The van der Waals surface area contributed by atoms with Crippen LogP contribution < -0.4 is 5.32 Å². The Morgan fingerprint density at radius 3 is 2.93 bits per heavy atom. The summed E-state index contributed by atoms with van der Waals surface area (Å²) in [5.74, 6) is -0.179. The molecule has 0 aliphatic heterocycles. The van der Waals surface area contributed by atoms with E-state index in [0.717, 1.165) is 8.04 Å². The van der Waals surface area contributed by atoms with Gasteiger partial charge < -0.3 is 10.4 Å². The molecule has 1 atom stereocenters. The SMILES string of the molecule is C[C@H](CO)NC(=O)c1cc(I)ccc1Br. The zero-order chi connectivity index (χ0) is 11.4. The van der Waals surface area contributed by atoms with E-state index in [-0.39, 0.29) is 18.6 Å². The van der Waals surface area contributed by atoms with Crippen molar-refractivity contribution in [1.29, 1.82) is 0 Å². The van der Waals surface area contributed by atoms with Gasteiger partial charge in [0.2, 0.25) is 0 Å². The summed E-state index contributed by atoms with van der Waals surface area (Å²) in [4.78, 5) is 11.7. The Labute approximate surface area is 111 Å². The Morgan fingerprint density at radius 2 is 2.33 bits per heavy atom. The van der Waals surface area contributed by atoms with Crippen LogP contribution in [-0.2, 0) is 0 Å². The molecule has 0 spiro atoms. The maximum absolute atomic E-state index is 11.7. The zero-order valence-electron chi connectivity index (χ0n) is 8.13. The molecule has 0 saturated carbocycles. The lowest BCUT2D eigenvalue weighted by Gasteiger charge is -2.11. The summed E-state index contributed by atoms with van der Waals surface area (Å²) in [5.41, 5.74) is 0.585. The summed E-state index contributed by atoms with van der Waals surface area (Å²) in [5, 5.41) is 11.5. The Kier molecular flexibility index (Phi) is 5.01. The standard InChI is InChI=1S/C10H11BrINO2/c1-6(5-14)13-10(15)8-4-7(12)2-3-9(8)11/h2-4,6,14H,5H2,1H3,(H,13,15)/t6-/m1/s1. The van der Waals surface area contributed by atoms with Crippen molar-refractivity contribution >= 4 is 44.4 Å². The molecule has 0 saturated heterocycles. The van der Waals surface area contributed by atoms with Crippen LogP contribution in [0.2, 0.25) is 0 Å². The number of amides is 1. The lowest BCUT2D eigenvalue weighted by atomic mass is 10.2. The number of hydrogen-bond donors (Lipinski definition) is 2. The molecule has 0 radical (unpaired) electrons. The highest BCUT2D eigenvalue weighted by Gasteiger charge is 2.12. The number of nitrogens with one attached hydrogen (secondary N) is 1. The first-order valence-corrected chi connectivity index (χ1v) is 6.28. The minimum absolute atomic E-state index is 0.0622. The fraction of sp³-hybridized carbons (Fsp3) is 0.300. The molecular weight excluding hydrogens is 373 g/mol. The number of carbonyl (C=O) groups is 1. The van der Waals surface area contributed by atoms with Crippen molar-refractivity contribution in [3.05, 3.63) is 31.8 Å². The van der Waals surface area contributed by atoms with Crippen molar-refractivity contribution < 1.29 is 9.90 Å². The molecule has 2 N–H and O–H groups in total. The van der Waals surface area contributed by atoms with E-state index in [0.29, 0.717) is 5.56 Å². The smallest absolute Gasteiger partial charge is 0.252 e. The maximum atomic E-state index is 11.7. The number of aliphatic hydroxyl groups is 1. The number of carbonyl (C=O) groups excluding carboxylic acids is 1. The predicted octanol–water partition coefficient (Wildman–Crippen LogP) is 2.16. The molecule has 0 aliphatic carbocycles. The molecule has 1 rings (SSSR count). The van der Waals surface area contributed by atoms with Gasteiger partial charge in [0.05, 0.1) is 12.2 Å². The number of hydrogen-bond acceptors (Lipinski definition) is 2.